The maximum atomic E-state index is 6.31. The molecule has 0 spiro atoms. The van der Waals surface area contributed by atoms with E-state index >= 15 is 0 Å². The standard InChI is InChI=1S/C18H13Cl2N/c19-16-11-14(13-7-3-1-4-8-13)12-17(18(16)20)21-15-9-5-2-6-10-15/h1-12,21H. The molecule has 0 aliphatic heterocycles. The normalized spacial score (nSPS) is 10.4. The molecule has 0 aliphatic carbocycles. The molecular weight excluding hydrogens is 301 g/mol. The lowest BCUT2D eigenvalue weighted by molar-refractivity contribution is 1.54. The Kier molecular flexibility index (Phi) is 4.14. The van der Waals surface area contributed by atoms with E-state index in [-0.39, 0.29) is 0 Å². The van der Waals surface area contributed by atoms with Gasteiger partial charge in [-0.25, -0.2) is 0 Å². The summed E-state index contributed by atoms with van der Waals surface area (Å²) in [6, 6.07) is 23.9. The van der Waals surface area contributed by atoms with Gasteiger partial charge in [0.15, 0.2) is 0 Å². The molecule has 0 aliphatic rings. The molecular formula is C18H13Cl2N. The molecule has 21 heavy (non-hydrogen) atoms. The smallest absolute Gasteiger partial charge is 0.0827 e. The zero-order valence-corrected chi connectivity index (χ0v) is 12.7. The Morgan fingerprint density at radius 3 is 1.95 bits per heavy atom. The first-order valence-corrected chi connectivity index (χ1v) is 7.36. The van der Waals surface area contributed by atoms with E-state index < -0.39 is 0 Å². The van der Waals surface area contributed by atoms with Crippen LogP contribution in [0.25, 0.3) is 11.1 Å². The molecule has 1 N–H and O–H groups in total. The number of benzene rings is 3. The van der Waals surface area contributed by atoms with Gasteiger partial charge in [-0.1, -0.05) is 71.7 Å². The maximum absolute atomic E-state index is 6.31. The van der Waals surface area contributed by atoms with Gasteiger partial charge in [-0.15, -0.1) is 0 Å². The molecule has 1 nitrogen and oxygen atoms in total. The molecule has 0 aromatic heterocycles. The Balaban J connectivity index is 2.02. The summed E-state index contributed by atoms with van der Waals surface area (Å²) in [6.45, 7) is 0. The van der Waals surface area contributed by atoms with Gasteiger partial charge in [0, 0.05) is 5.69 Å². The molecule has 0 bridgehead atoms. The van der Waals surface area contributed by atoms with Crippen molar-refractivity contribution in [3.05, 3.63) is 82.8 Å². The van der Waals surface area contributed by atoms with Gasteiger partial charge in [0.1, 0.15) is 0 Å². The van der Waals surface area contributed by atoms with Crippen LogP contribution in [0.4, 0.5) is 11.4 Å². The molecule has 0 fully saturated rings. The van der Waals surface area contributed by atoms with E-state index in [0.29, 0.717) is 10.0 Å². The van der Waals surface area contributed by atoms with Crippen LogP contribution in [0.5, 0.6) is 0 Å². The fraction of sp³-hybridized carbons (Fsp3) is 0. The highest BCUT2D eigenvalue weighted by atomic mass is 35.5. The molecule has 0 unspecified atom stereocenters. The average molecular weight is 314 g/mol. The van der Waals surface area contributed by atoms with Gasteiger partial charge >= 0.3 is 0 Å². The van der Waals surface area contributed by atoms with Crippen molar-refractivity contribution in [3.8, 4) is 11.1 Å². The van der Waals surface area contributed by atoms with Gasteiger partial charge < -0.3 is 5.32 Å². The van der Waals surface area contributed by atoms with Crippen LogP contribution in [0.3, 0.4) is 0 Å². The lowest BCUT2D eigenvalue weighted by Crippen LogP contribution is -1.92. The first kappa shape index (κ1) is 14.0. The minimum absolute atomic E-state index is 0.528. The highest BCUT2D eigenvalue weighted by Crippen LogP contribution is 2.36. The maximum Gasteiger partial charge on any atom is 0.0827 e. The van der Waals surface area contributed by atoms with Crippen LogP contribution in [-0.2, 0) is 0 Å². The molecule has 0 heterocycles. The highest BCUT2D eigenvalue weighted by Gasteiger charge is 2.09. The van der Waals surface area contributed by atoms with Crippen LogP contribution in [0.2, 0.25) is 10.0 Å². The topological polar surface area (TPSA) is 12.0 Å². The van der Waals surface area contributed by atoms with Crippen molar-refractivity contribution in [2.75, 3.05) is 5.32 Å². The molecule has 3 heteroatoms. The summed E-state index contributed by atoms with van der Waals surface area (Å²) in [5.41, 5.74) is 3.91. The number of hydrogen-bond donors (Lipinski definition) is 1. The SMILES string of the molecule is Clc1cc(-c2ccccc2)cc(Nc2ccccc2)c1Cl. The Labute approximate surface area is 134 Å². The molecule has 0 radical (unpaired) electrons. The van der Waals surface area contributed by atoms with Crippen molar-refractivity contribution in [1.82, 2.24) is 0 Å². The summed E-state index contributed by atoms with van der Waals surface area (Å²) < 4.78 is 0. The first-order chi connectivity index (χ1) is 10.2. The van der Waals surface area contributed by atoms with Crippen molar-refractivity contribution < 1.29 is 0 Å². The van der Waals surface area contributed by atoms with Crippen LogP contribution in [0, 0.1) is 0 Å². The van der Waals surface area contributed by atoms with Crippen LogP contribution in [0.1, 0.15) is 0 Å². The second kappa shape index (κ2) is 6.21. The Morgan fingerprint density at radius 1 is 0.667 bits per heavy atom. The Morgan fingerprint density at radius 2 is 1.29 bits per heavy atom. The Bertz CT molecular complexity index is 740. The van der Waals surface area contributed by atoms with Crippen LogP contribution in [-0.4, -0.2) is 0 Å². The fourth-order valence-corrected chi connectivity index (χ4v) is 2.53. The van der Waals surface area contributed by atoms with Gasteiger partial charge in [0.05, 0.1) is 15.7 Å². The number of para-hydroxylation sites is 1. The first-order valence-electron chi connectivity index (χ1n) is 6.60. The average Bonchev–Trinajstić information content (AvgIpc) is 2.53. The summed E-state index contributed by atoms with van der Waals surface area (Å²) in [5, 5.41) is 4.37. The van der Waals surface area contributed by atoms with Gasteiger partial charge in [0.2, 0.25) is 0 Å². The minimum atomic E-state index is 0.528. The second-order valence-electron chi connectivity index (χ2n) is 4.68. The molecule has 104 valence electrons. The largest absolute Gasteiger partial charge is 0.354 e. The van der Waals surface area contributed by atoms with Crippen molar-refractivity contribution >= 4 is 34.6 Å². The van der Waals surface area contributed by atoms with Gasteiger partial charge in [-0.05, 0) is 35.4 Å². The lowest BCUT2D eigenvalue weighted by atomic mass is 10.1. The summed E-state index contributed by atoms with van der Waals surface area (Å²) in [6.07, 6.45) is 0. The van der Waals surface area contributed by atoms with Crippen molar-refractivity contribution in [1.29, 1.82) is 0 Å². The molecule has 3 aromatic carbocycles. The van der Waals surface area contributed by atoms with Gasteiger partial charge in [-0.2, -0.15) is 0 Å². The zero-order chi connectivity index (χ0) is 14.7. The fourth-order valence-electron chi connectivity index (χ4n) is 2.15. The van der Waals surface area contributed by atoms with Crippen LogP contribution in [0.15, 0.2) is 72.8 Å². The summed E-state index contributed by atoms with van der Waals surface area (Å²) in [5.74, 6) is 0. The molecule has 0 saturated heterocycles. The number of hydrogen-bond acceptors (Lipinski definition) is 1. The number of rotatable bonds is 3. The second-order valence-corrected chi connectivity index (χ2v) is 5.46. The molecule has 0 saturated carbocycles. The van der Waals surface area contributed by atoms with E-state index in [0.717, 1.165) is 22.5 Å². The summed E-state index contributed by atoms with van der Waals surface area (Å²) in [7, 11) is 0. The third-order valence-electron chi connectivity index (χ3n) is 3.19. The molecule has 3 aromatic rings. The van der Waals surface area contributed by atoms with Crippen LogP contribution < -0.4 is 5.32 Å². The van der Waals surface area contributed by atoms with Crippen molar-refractivity contribution in [2.24, 2.45) is 0 Å². The van der Waals surface area contributed by atoms with E-state index in [4.69, 9.17) is 23.2 Å². The van der Waals surface area contributed by atoms with E-state index in [1.807, 2.05) is 72.8 Å². The third kappa shape index (κ3) is 3.21. The van der Waals surface area contributed by atoms with E-state index in [2.05, 4.69) is 5.32 Å². The highest BCUT2D eigenvalue weighted by molar-refractivity contribution is 6.44. The number of anilines is 2. The molecule has 3 rings (SSSR count). The van der Waals surface area contributed by atoms with Gasteiger partial charge in [-0.3, -0.25) is 0 Å². The van der Waals surface area contributed by atoms with Crippen molar-refractivity contribution in [3.63, 3.8) is 0 Å². The van der Waals surface area contributed by atoms with Crippen LogP contribution >= 0.6 is 23.2 Å². The number of nitrogens with one attached hydrogen (secondary N) is 1. The molecule has 0 atom stereocenters. The predicted octanol–water partition coefficient (Wildman–Crippen LogP) is 6.40. The van der Waals surface area contributed by atoms with Gasteiger partial charge in [0.25, 0.3) is 0 Å². The van der Waals surface area contributed by atoms with E-state index in [1.54, 1.807) is 0 Å². The summed E-state index contributed by atoms with van der Waals surface area (Å²) in [4.78, 5) is 0. The predicted molar refractivity (Wildman–Crippen MR) is 91.6 cm³/mol. The lowest BCUT2D eigenvalue weighted by Gasteiger charge is -2.12. The van der Waals surface area contributed by atoms with E-state index in [9.17, 15) is 0 Å². The molecule has 0 amide bonds. The number of halogens is 2. The summed E-state index contributed by atoms with van der Waals surface area (Å²) >= 11 is 12.6. The van der Waals surface area contributed by atoms with Crippen molar-refractivity contribution in [2.45, 2.75) is 0 Å². The van der Waals surface area contributed by atoms with E-state index in [1.165, 1.54) is 0 Å². The zero-order valence-electron chi connectivity index (χ0n) is 11.2. The minimum Gasteiger partial charge on any atom is -0.354 e. The monoisotopic (exact) mass is 313 g/mol. The quantitative estimate of drug-likeness (QED) is 0.589. The third-order valence-corrected chi connectivity index (χ3v) is 3.99. The Hall–Kier alpha value is -1.96.